The Balaban J connectivity index is 1.63. The average molecular weight is 259 g/mol. The van der Waals surface area contributed by atoms with Gasteiger partial charge in [0.1, 0.15) is 12.2 Å². The van der Waals surface area contributed by atoms with Gasteiger partial charge in [-0.3, -0.25) is 4.68 Å². The maximum Gasteiger partial charge on any atom is 0.157 e. The molecule has 1 aliphatic heterocycles. The number of β-amino-alcohol motifs (C(OH)–C–C–N with tert-alkyl or cyclic N) is 1. The SMILES string of the molecule is O[C@@H]1CNC[C@H]1Oc1cnn(Cc2ccccc2)c1. The lowest BCUT2D eigenvalue weighted by Crippen LogP contribution is -2.29. The lowest BCUT2D eigenvalue weighted by molar-refractivity contribution is 0.0737. The van der Waals surface area contributed by atoms with Gasteiger partial charge >= 0.3 is 0 Å². The lowest BCUT2D eigenvalue weighted by atomic mass is 10.2. The van der Waals surface area contributed by atoms with E-state index in [-0.39, 0.29) is 6.10 Å². The number of aliphatic hydroxyl groups is 1. The van der Waals surface area contributed by atoms with E-state index in [0.29, 0.717) is 18.8 Å². The number of aromatic nitrogens is 2. The van der Waals surface area contributed by atoms with Gasteiger partial charge in [0.05, 0.1) is 18.9 Å². The van der Waals surface area contributed by atoms with Gasteiger partial charge in [-0.2, -0.15) is 5.10 Å². The maximum atomic E-state index is 9.68. The Bertz CT molecular complexity index is 526. The largest absolute Gasteiger partial charge is 0.483 e. The zero-order valence-corrected chi connectivity index (χ0v) is 10.6. The molecule has 5 heteroatoms. The molecule has 0 amide bonds. The van der Waals surface area contributed by atoms with Crippen LogP contribution in [-0.4, -0.2) is 40.2 Å². The molecule has 2 aromatic rings. The van der Waals surface area contributed by atoms with Crippen molar-refractivity contribution in [2.45, 2.75) is 18.8 Å². The summed E-state index contributed by atoms with van der Waals surface area (Å²) in [6, 6.07) is 10.1. The fraction of sp³-hybridized carbons (Fsp3) is 0.357. The van der Waals surface area contributed by atoms with Crippen LogP contribution in [0.4, 0.5) is 0 Å². The molecule has 0 unspecified atom stereocenters. The molecule has 0 bridgehead atoms. The lowest BCUT2D eigenvalue weighted by Gasteiger charge is -2.14. The van der Waals surface area contributed by atoms with Crippen LogP contribution in [0, 0.1) is 0 Å². The summed E-state index contributed by atoms with van der Waals surface area (Å²) in [6.07, 6.45) is 2.92. The van der Waals surface area contributed by atoms with Gasteiger partial charge in [-0.25, -0.2) is 0 Å². The molecule has 19 heavy (non-hydrogen) atoms. The summed E-state index contributed by atoms with van der Waals surface area (Å²) in [6.45, 7) is 1.98. The van der Waals surface area contributed by atoms with Gasteiger partial charge in [0.2, 0.25) is 0 Å². The summed E-state index contributed by atoms with van der Waals surface area (Å²) < 4.78 is 7.54. The smallest absolute Gasteiger partial charge is 0.157 e. The first-order valence-electron chi connectivity index (χ1n) is 6.43. The molecule has 0 radical (unpaired) electrons. The number of benzene rings is 1. The van der Waals surface area contributed by atoms with Crippen LogP contribution < -0.4 is 10.1 Å². The third-order valence-electron chi connectivity index (χ3n) is 3.21. The number of ether oxygens (including phenoxy) is 1. The van der Waals surface area contributed by atoms with Crippen molar-refractivity contribution in [3.63, 3.8) is 0 Å². The second-order valence-electron chi connectivity index (χ2n) is 4.74. The van der Waals surface area contributed by atoms with E-state index in [1.807, 2.05) is 29.1 Å². The van der Waals surface area contributed by atoms with Crippen molar-refractivity contribution in [3.05, 3.63) is 48.3 Å². The second kappa shape index (κ2) is 5.42. The first kappa shape index (κ1) is 12.2. The first-order valence-corrected chi connectivity index (χ1v) is 6.43. The van der Waals surface area contributed by atoms with Crippen LogP contribution in [-0.2, 0) is 6.54 Å². The summed E-state index contributed by atoms with van der Waals surface area (Å²) in [5.74, 6) is 0.698. The van der Waals surface area contributed by atoms with E-state index in [1.54, 1.807) is 6.20 Å². The summed E-state index contributed by atoms with van der Waals surface area (Å²) >= 11 is 0. The molecule has 0 aliphatic carbocycles. The highest BCUT2D eigenvalue weighted by molar-refractivity contribution is 5.17. The highest BCUT2D eigenvalue weighted by atomic mass is 16.5. The van der Waals surface area contributed by atoms with Crippen LogP contribution in [0.5, 0.6) is 5.75 Å². The molecule has 5 nitrogen and oxygen atoms in total. The van der Waals surface area contributed by atoms with Crippen LogP contribution in [0.2, 0.25) is 0 Å². The molecular formula is C14H17N3O2. The highest BCUT2D eigenvalue weighted by Crippen LogP contribution is 2.15. The van der Waals surface area contributed by atoms with E-state index in [1.165, 1.54) is 5.56 Å². The molecule has 1 fully saturated rings. The molecule has 1 aromatic carbocycles. The minimum absolute atomic E-state index is 0.186. The molecule has 100 valence electrons. The molecule has 3 rings (SSSR count). The van der Waals surface area contributed by atoms with Crippen molar-refractivity contribution in [2.75, 3.05) is 13.1 Å². The van der Waals surface area contributed by atoms with Crippen molar-refractivity contribution < 1.29 is 9.84 Å². The molecule has 2 atom stereocenters. The summed E-state index contributed by atoms with van der Waals surface area (Å²) in [5.41, 5.74) is 1.19. The second-order valence-corrected chi connectivity index (χ2v) is 4.74. The van der Waals surface area contributed by atoms with Gasteiger partial charge in [0.25, 0.3) is 0 Å². The maximum absolute atomic E-state index is 9.68. The minimum atomic E-state index is -0.447. The standard InChI is InChI=1S/C14H17N3O2/c18-13-7-15-8-14(13)19-12-6-16-17(10-12)9-11-4-2-1-3-5-11/h1-6,10,13-15,18H,7-9H2/t13-,14-/m1/s1. The van der Waals surface area contributed by atoms with Crippen molar-refractivity contribution in [1.82, 2.24) is 15.1 Å². The van der Waals surface area contributed by atoms with Crippen LogP contribution in [0.3, 0.4) is 0 Å². The van der Waals surface area contributed by atoms with Gasteiger partial charge in [-0.1, -0.05) is 30.3 Å². The summed E-state index contributed by atoms with van der Waals surface area (Å²) in [4.78, 5) is 0. The van der Waals surface area contributed by atoms with Gasteiger partial charge in [0.15, 0.2) is 5.75 Å². The molecule has 1 saturated heterocycles. The van der Waals surface area contributed by atoms with Crippen molar-refractivity contribution in [1.29, 1.82) is 0 Å². The summed E-state index contributed by atoms with van der Waals surface area (Å²) in [5, 5.41) is 17.0. The molecule has 0 spiro atoms. The Labute approximate surface area is 111 Å². The number of nitrogens with zero attached hydrogens (tertiary/aromatic N) is 2. The molecule has 2 N–H and O–H groups in total. The fourth-order valence-corrected chi connectivity index (χ4v) is 2.20. The van der Waals surface area contributed by atoms with Gasteiger partial charge < -0.3 is 15.2 Å². The first-order chi connectivity index (χ1) is 9.31. The van der Waals surface area contributed by atoms with Gasteiger partial charge in [0, 0.05) is 13.1 Å². The summed E-state index contributed by atoms with van der Waals surface area (Å²) in [7, 11) is 0. The predicted molar refractivity (Wildman–Crippen MR) is 71.1 cm³/mol. The topological polar surface area (TPSA) is 59.3 Å². The number of rotatable bonds is 4. The molecular weight excluding hydrogens is 242 g/mol. The molecule has 1 aromatic heterocycles. The Morgan fingerprint density at radius 3 is 2.89 bits per heavy atom. The van der Waals surface area contributed by atoms with Gasteiger partial charge in [-0.15, -0.1) is 0 Å². The Morgan fingerprint density at radius 1 is 1.32 bits per heavy atom. The zero-order chi connectivity index (χ0) is 13.1. The van der Waals surface area contributed by atoms with E-state index in [0.717, 1.165) is 6.54 Å². The highest BCUT2D eigenvalue weighted by Gasteiger charge is 2.26. The Hall–Kier alpha value is -1.85. The van der Waals surface area contributed by atoms with Crippen LogP contribution in [0.15, 0.2) is 42.7 Å². The van der Waals surface area contributed by atoms with E-state index in [9.17, 15) is 5.11 Å². The third kappa shape index (κ3) is 2.94. The molecule has 0 saturated carbocycles. The van der Waals surface area contributed by atoms with Crippen molar-refractivity contribution >= 4 is 0 Å². The quantitative estimate of drug-likeness (QED) is 0.846. The molecule has 2 heterocycles. The number of nitrogens with one attached hydrogen (secondary N) is 1. The number of hydrogen-bond donors (Lipinski definition) is 2. The third-order valence-corrected chi connectivity index (χ3v) is 3.21. The van der Waals surface area contributed by atoms with E-state index in [4.69, 9.17) is 4.74 Å². The van der Waals surface area contributed by atoms with Crippen LogP contribution in [0.1, 0.15) is 5.56 Å². The monoisotopic (exact) mass is 259 g/mol. The fourth-order valence-electron chi connectivity index (χ4n) is 2.20. The van der Waals surface area contributed by atoms with Crippen LogP contribution in [0.25, 0.3) is 0 Å². The van der Waals surface area contributed by atoms with Crippen molar-refractivity contribution in [3.8, 4) is 5.75 Å². The minimum Gasteiger partial charge on any atom is -0.483 e. The van der Waals surface area contributed by atoms with Gasteiger partial charge in [-0.05, 0) is 5.56 Å². The zero-order valence-electron chi connectivity index (χ0n) is 10.6. The molecule has 1 aliphatic rings. The normalized spacial score (nSPS) is 22.6. The number of aliphatic hydroxyl groups excluding tert-OH is 1. The number of hydrogen-bond acceptors (Lipinski definition) is 4. The van der Waals surface area contributed by atoms with Crippen molar-refractivity contribution in [2.24, 2.45) is 0 Å². The van der Waals surface area contributed by atoms with Crippen LogP contribution >= 0.6 is 0 Å². The van der Waals surface area contributed by atoms with E-state index < -0.39 is 6.10 Å². The average Bonchev–Trinajstić information content (AvgIpc) is 3.02. The Morgan fingerprint density at radius 2 is 2.16 bits per heavy atom. The predicted octanol–water partition coefficient (Wildman–Crippen LogP) is 0.643. The van der Waals surface area contributed by atoms with E-state index in [2.05, 4.69) is 22.5 Å². The Kier molecular flexibility index (Phi) is 3.48. The van der Waals surface area contributed by atoms with E-state index >= 15 is 0 Å².